The fraction of sp³-hybridized carbons (Fsp3) is 0.562. The van der Waals surface area contributed by atoms with Crippen LogP contribution in [-0.2, 0) is 4.79 Å². The van der Waals surface area contributed by atoms with Crippen LogP contribution in [0.3, 0.4) is 0 Å². The molecule has 1 aliphatic heterocycles. The number of piperazine rings is 1. The minimum Gasteiger partial charge on any atom is -0.481 e. The van der Waals surface area contributed by atoms with Crippen LogP contribution in [0.4, 0.5) is 0 Å². The van der Waals surface area contributed by atoms with Crippen molar-refractivity contribution in [1.82, 2.24) is 9.80 Å². The first-order chi connectivity index (χ1) is 10.0. The van der Waals surface area contributed by atoms with Gasteiger partial charge in [-0.2, -0.15) is 0 Å². The standard InChI is InChI=1S/C16H23ClN2O2/c1-4-18-7-9-19(10-8-18)16(20)13(3)21-14-5-6-15(17)12(2)11-14/h5-6,11,13H,4,7-10H2,1-3H3/t13-/m1/s1. The Labute approximate surface area is 131 Å². The number of carbonyl (C=O) groups is 1. The van der Waals surface area contributed by atoms with Gasteiger partial charge in [0.2, 0.25) is 0 Å². The molecule has 21 heavy (non-hydrogen) atoms. The summed E-state index contributed by atoms with van der Waals surface area (Å²) in [6.45, 7) is 10.3. The number of ether oxygens (including phenoxy) is 1. The van der Waals surface area contributed by atoms with Gasteiger partial charge in [0.05, 0.1) is 0 Å². The number of hydrogen-bond acceptors (Lipinski definition) is 3. The van der Waals surface area contributed by atoms with Crippen molar-refractivity contribution in [3.8, 4) is 5.75 Å². The van der Waals surface area contributed by atoms with E-state index in [1.165, 1.54) is 0 Å². The molecule has 0 aliphatic carbocycles. The lowest BCUT2D eigenvalue weighted by Crippen LogP contribution is -2.51. The number of likely N-dealkylation sites (N-methyl/N-ethyl adjacent to an activating group) is 1. The van der Waals surface area contributed by atoms with Crippen molar-refractivity contribution in [3.05, 3.63) is 28.8 Å². The molecule has 1 aromatic rings. The van der Waals surface area contributed by atoms with Gasteiger partial charge >= 0.3 is 0 Å². The maximum atomic E-state index is 12.4. The summed E-state index contributed by atoms with van der Waals surface area (Å²) < 4.78 is 5.75. The second-order valence-corrected chi connectivity index (χ2v) is 5.84. The zero-order chi connectivity index (χ0) is 15.4. The first kappa shape index (κ1) is 16.1. The largest absolute Gasteiger partial charge is 0.481 e. The Hall–Kier alpha value is -1.26. The van der Waals surface area contributed by atoms with E-state index in [0.29, 0.717) is 10.8 Å². The van der Waals surface area contributed by atoms with Crippen molar-refractivity contribution in [2.45, 2.75) is 26.9 Å². The summed E-state index contributed by atoms with van der Waals surface area (Å²) in [4.78, 5) is 16.6. The highest BCUT2D eigenvalue weighted by atomic mass is 35.5. The molecular formula is C16H23ClN2O2. The zero-order valence-corrected chi connectivity index (χ0v) is 13.7. The molecule has 116 valence electrons. The van der Waals surface area contributed by atoms with E-state index in [1.807, 2.05) is 17.9 Å². The molecule has 1 heterocycles. The van der Waals surface area contributed by atoms with E-state index in [2.05, 4.69) is 11.8 Å². The minimum atomic E-state index is -0.473. The van der Waals surface area contributed by atoms with E-state index in [4.69, 9.17) is 16.3 Å². The van der Waals surface area contributed by atoms with Crippen LogP contribution in [0.15, 0.2) is 18.2 Å². The first-order valence-corrected chi connectivity index (χ1v) is 7.83. The van der Waals surface area contributed by atoms with Crippen LogP contribution in [0, 0.1) is 6.92 Å². The van der Waals surface area contributed by atoms with Gasteiger partial charge in [-0.15, -0.1) is 0 Å². The molecule has 0 bridgehead atoms. The predicted octanol–water partition coefficient (Wildman–Crippen LogP) is 2.58. The first-order valence-electron chi connectivity index (χ1n) is 7.45. The Bertz CT molecular complexity index is 499. The van der Waals surface area contributed by atoms with Crippen LogP contribution in [-0.4, -0.2) is 54.5 Å². The summed E-state index contributed by atoms with van der Waals surface area (Å²) in [7, 11) is 0. The normalized spacial score (nSPS) is 17.6. The van der Waals surface area contributed by atoms with E-state index >= 15 is 0 Å². The number of benzene rings is 1. The maximum Gasteiger partial charge on any atom is 0.263 e. The Morgan fingerprint density at radius 2 is 2.00 bits per heavy atom. The number of rotatable bonds is 4. The third-order valence-corrected chi connectivity index (χ3v) is 4.35. The van der Waals surface area contributed by atoms with E-state index < -0.39 is 6.10 Å². The predicted molar refractivity (Wildman–Crippen MR) is 85.0 cm³/mol. The Kier molecular flexibility index (Phi) is 5.48. The molecule has 0 aromatic heterocycles. The van der Waals surface area contributed by atoms with Crippen molar-refractivity contribution in [2.75, 3.05) is 32.7 Å². The van der Waals surface area contributed by atoms with E-state index in [9.17, 15) is 4.79 Å². The van der Waals surface area contributed by atoms with Gasteiger partial charge in [0, 0.05) is 31.2 Å². The zero-order valence-electron chi connectivity index (χ0n) is 12.9. The monoisotopic (exact) mass is 310 g/mol. The lowest BCUT2D eigenvalue weighted by Gasteiger charge is -2.35. The number of carbonyl (C=O) groups excluding carboxylic acids is 1. The number of halogens is 1. The van der Waals surface area contributed by atoms with Gasteiger partial charge in [0.1, 0.15) is 5.75 Å². The Morgan fingerprint density at radius 3 is 2.57 bits per heavy atom. The van der Waals surface area contributed by atoms with Crippen molar-refractivity contribution in [1.29, 1.82) is 0 Å². The quantitative estimate of drug-likeness (QED) is 0.857. The highest BCUT2D eigenvalue weighted by Gasteiger charge is 2.25. The number of amides is 1. The molecule has 1 fully saturated rings. The third kappa shape index (κ3) is 4.11. The number of aryl methyl sites for hydroxylation is 1. The summed E-state index contributed by atoms with van der Waals surface area (Å²) in [6, 6.07) is 5.46. The summed E-state index contributed by atoms with van der Waals surface area (Å²) in [5.41, 5.74) is 0.949. The van der Waals surface area contributed by atoms with Gasteiger partial charge in [0.15, 0.2) is 6.10 Å². The average molecular weight is 311 g/mol. The van der Waals surface area contributed by atoms with Crippen molar-refractivity contribution >= 4 is 17.5 Å². The van der Waals surface area contributed by atoms with Crippen molar-refractivity contribution < 1.29 is 9.53 Å². The molecule has 1 amide bonds. The van der Waals surface area contributed by atoms with Crippen LogP contribution < -0.4 is 4.74 Å². The van der Waals surface area contributed by atoms with E-state index in [0.717, 1.165) is 38.3 Å². The molecule has 2 rings (SSSR count). The van der Waals surface area contributed by atoms with Crippen molar-refractivity contribution in [2.24, 2.45) is 0 Å². The summed E-state index contributed by atoms with van der Waals surface area (Å²) >= 11 is 5.99. The molecule has 0 radical (unpaired) electrons. The second kappa shape index (κ2) is 7.14. The second-order valence-electron chi connectivity index (χ2n) is 5.43. The smallest absolute Gasteiger partial charge is 0.263 e. The molecule has 1 saturated heterocycles. The van der Waals surface area contributed by atoms with Gasteiger partial charge in [-0.3, -0.25) is 4.79 Å². The molecule has 5 heteroatoms. The lowest BCUT2D eigenvalue weighted by molar-refractivity contribution is -0.139. The molecular weight excluding hydrogens is 288 g/mol. The molecule has 1 aromatic carbocycles. The minimum absolute atomic E-state index is 0.0540. The fourth-order valence-electron chi connectivity index (χ4n) is 2.49. The maximum absolute atomic E-state index is 12.4. The van der Waals surface area contributed by atoms with Crippen LogP contribution in [0.1, 0.15) is 19.4 Å². The topological polar surface area (TPSA) is 32.8 Å². The summed E-state index contributed by atoms with van der Waals surface area (Å²) in [5, 5.41) is 0.706. The number of hydrogen-bond donors (Lipinski definition) is 0. The molecule has 4 nitrogen and oxygen atoms in total. The highest BCUT2D eigenvalue weighted by molar-refractivity contribution is 6.31. The van der Waals surface area contributed by atoms with Gasteiger partial charge < -0.3 is 14.5 Å². The number of nitrogens with zero attached hydrogens (tertiary/aromatic N) is 2. The molecule has 1 atom stereocenters. The molecule has 0 unspecified atom stereocenters. The lowest BCUT2D eigenvalue weighted by atomic mass is 10.2. The third-order valence-electron chi connectivity index (χ3n) is 3.92. The van der Waals surface area contributed by atoms with Gasteiger partial charge in [-0.1, -0.05) is 18.5 Å². The van der Waals surface area contributed by atoms with E-state index in [-0.39, 0.29) is 5.91 Å². The molecule has 0 spiro atoms. The molecule has 0 N–H and O–H groups in total. The van der Waals surface area contributed by atoms with Crippen LogP contribution in [0.2, 0.25) is 5.02 Å². The summed E-state index contributed by atoms with van der Waals surface area (Å²) in [5.74, 6) is 0.739. The van der Waals surface area contributed by atoms with Crippen LogP contribution >= 0.6 is 11.6 Å². The molecule has 0 saturated carbocycles. The Morgan fingerprint density at radius 1 is 1.33 bits per heavy atom. The average Bonchev–Trinajstić information content (AvgIpc) is 2.50. The van der Waals surface area contributed by atoms with Crippen LogP contribution in [0.25, 0.3) is 0 Å². The van der Waals surface area contributed by atoms with Gasteiger partial charge in [-0.05, 0) is 44.2 Å². The van der Waals surface area contributed by atoms with Crippen LogP contribution in [0.5, 0.6) is 5.75 Å². The molecule has 1 aliphatic rings. The Balaban J connectivity index is 1.92. The SMILES string of the molecule is CCN1CCN(C(=O)[C@@H](C)Oc2ccc(Cl)c(C)c2)CC1. The fourth-order valence-corrected chi connectivity index (χ4v) is 2.60. The van der Waals surface area contributed by atoms with E-state index in [1.54, 1.807) is 19.1 Å². The van der Waals surface area contributed by atoms with Crippen molar-refractivity contribution in [3.63, 3.8) is 0 Å². The van der Waals surface area contributed by atoms with Gasteiger partial charge in [0.25, 0.3) is 5.91 Å². The van der Waals surface area contributed by atoms with Gasteiger partial charge in [-0.25, -0.2) is 0 Å². The summed E-state index contributed by atoms with van der Waals surface area (Å²) in [6.07, 6.45) is -0.473. The highest BCUT2D eigenvalue weighted by Crippen LogP contribution is 2.22.